The zero-order chi connectivity index (χ0) is 14.8. The van der Waals surface area contributed by atoms with Crippen LogP contribution in [-0.2, 0) is 14.2 Å². The molecule has 0 radical (unpaired) electrons. The topological polar surface area (TPSA) is 43.0 Å². The maximum atomic E-state index is 5.69. The number of piperidine rings is 1. The molecule has 0 aliphatic carbocycles. The summed E-state index contributed by atoms with van der Waals surface area (Å²) in [7, 11) is 1.69. The summed E-state index contributed by atoms with van der Waals surface area (Å²) in [4.78, 5) is 2.64. The average Bonchev–Trinajstić information content (AvgIpc) is 2.99. The molecule has 5 heteroatoms. The second-order valence-electron chi connectivity index (χ2n) is 6.07. The third-order valence-corrected chi connectivity index (χ3v) is 4.62. The van der Waals surface area contributed by atoms with E-state index in [1.54, 1.807) is 7.11 Å². The largest absolute Gasteiger partial charge is 0.382 e. The predicted octanol–water partition coefficient (Wildman–Crippen LogP) is 1.13. The highest BCUT2D eigenvalue weighted by molar-refractivity contribution is 4.87. The van der Waals surface area contributed by atoms with Gasteiger partial charge in [-0.3, -0.25) is 4.90 Å². The second-order valence-corrected chi connectivity index (χ2v) is 6.07. The van der Waals surface area contributed by atoms with Crippen LogP contribution in [0.3, 0.4) is 0 Å². The van der Waals surface area contributed by atoms with Gasteiger partial charge in [-0.2, -0.15) is 0 Å². The summed E-state index contributed by atoms with van der Waals surface area (Å²) < 4.78 is 16.0. The number of nitrogens with zero attached hydrogens (tertiary/aromatic N) is 1. The van der Waals surface area contributed by atoms with E-state index in [2.05, 4.69) is 10.2 Å². The molecule has 2 heterocycles. The van der Waals surface area contributed by atoms with Crippen LogP contribution < -0.4 is 5.32 Å². The second kappa shape index (κ2) is 10.5. The van der Waals surface area contributed by atoms with E-state index in [1.807, 2.05) is 0 Å². The van der Waals surface area contributed by atoms with Gasteiger partial charge in [0.25, 0.3) is 0 Å². The van der Waals surface area contributed by atoms with Crippen LogP contribution in [-0.4, -0.2) is 77.3 Å². The summed E-state index contributed by atoms with van der Waals surface area (Å²) >= 11 is 0. The first kappa shape index (κ1) is 17.2. The van der Waals surface area contributed by atoms with Crippen LogP contribution in [0.2, 0.25) is 0 Å². The minimum Gasteiger partial charge on any atom is -0.382 e. The molecule has 0 saturated carbocycles. The third kappa shape index (κ3) is 6.20. The van der Waals surface area contributed by atoms with Gasteiger partial charge >= 0.3 is 0 Å². The molecule has 2 saturated heterocycles. The van der Waals surface area contributed by atoms with Crippen molar-refractivity contribution in [3.8, 4) is 0 Å². The fourth-order valence-corrected chi connectivity index (χ4v) is 3.52. The Kier molecular flexibility index (Phi) is 8.59. The lowest BCUT2D eigenvalue weighted by Gasteiger charge is -2.34. The molecule has 0 bridgehead atoms. The number of nitrogens with one attached hydrogen (secondary N) is 1. The van der Waals surface area contributed by atoms with Crippen LogP contribution in [0.4, 0.5) is 0 Å². The van der Waals surface area contributed by atoms with Crippen LogP contribution in [0.5, 0.6) is 0 Å². The van der Waals surface area contributed by atoms with Crippen LogP contribution in [0, 0.1) is 5.92 Å². The maximum Gasteiger partial charge on any atom is 0.0701 e. The Morgan fingerprint density at radius 2 is 1.81 bits per heavy atom. The van der Waals surface area contributed by atoms with Gasteiger partial charge in [0, 0.05) is 19.7 Å². The molecular weight excluding hydrogens is 268 g/mol. The van der Waals surface area contributed by atoms with Gasteiger partial charge < -0.3 is 19.5 Å². The number of likely N-dealkylation sites (tertiary alicyclic amines) is 1. The summed E-state index contributed by atoms with van der Waals surface area (Å²) in [5.41, 5.74) is 0. The van der Waals surface area contributed by atoms with E-state index >= 15 is 0 Å². The molecule has 2 atom stereocenters. The fourth-order valence-electron chi connectivity index (χ4n) is 3.52. The smallest absolute Gasteiger partial charge is 0.0701 e. The van der Waals surface area contributed by atoms with Crippen molar-refractivity contribution in [2.24, 2.45) is 5.92 Å². The fraction of sp³-hybridized carbons (Fsp3) is 1.00. The lowest BCUT2D eigenvalue weighted by molar-refractivity contribution is 0.0166. The molecule has 2 unspecified atom stereocenters. The Morgan fingerprint density at radius 1 is 1.00 bits per heavy atom. The van der Waals surface area contributed by atoms with Crippen molar-refractivity contribution in [2.75, 3.05) is 66.3 Å². The van der Waals surface area contributed by atoms with Crippen LogP contribution >= 0.6 is 0 Å². The van der Waals surface area contributed by atoms with Crippen molar-refractivity contribution >= 4 is 0 Å². The van der Waals surface area contributed by atoms with E-state index < -0.39 is 0 Å². The lowest BCUT2D eigenvalue weighted by atomic mass is 9.90. The minimum absolute atomic E-state index is 0.655. The molecule has 2 aliphatic rings. The lowest BCUT2D eigenvalue weighted by Crippen LogP contribution is -2.44. The first-order valence-corrected chi connectivity index (χ1v) is 8.51. The quantitative estimate of drug-likeness (QED) is 0.613. The molecule has 0 amide bonds. The van der Waals surface area contributed by atoms with Crippen LogP contribution in [0.1, 0.15) is 25.7 Å². The third-order valence-electron chi connectivity index (χ3n) is 4.62. The molecule has 0 aromatic carbocycles. The summed E-state index contributed by atoms with van der Waals surface area (Å²) in [6.45, 7) is 8.21. The molecule has 1 N–H and O–H groups in total. The van der Waals surface area contributed by atoms with Gasteiger partial charge in [-0.1, -0.05) is 0 Å². The first-order chi connectivity index (χ1) is 10.4. The van der Waals surface area contributed by atoms with E-state index in [-0.39, 0.29) is 0 Å². The highest BCUT2D eigenvalue weighted by atomic mass is 16.5. The van der Waals surface area contributed by atoms with Gasteiger partial charge in [-0.15, -0.1) is 0 Å². The first-order valence-electron chi connectivity index (χ1n) is 8.51. The highest BCUT2D eigenvalue weighted by Crippen LogP contribution is 2.27. The van der Waals surface area contributed by atoms with E-state index in [1.165, 1.54) is 45.3 Å². The van der Waals surface area contributed by atoms with Crippen LogP contribution in [0.25, 0.3) is 0 Å². The Balaban J connectivity index is 1.52. The van der Waals surface area contributed by atoms with Gasteiger partial charge in [0.2, 0.25) is 0 Å². The molecule has 124 valence electrons. The molecule has 21 heavy (non-hydrogen) atoms. The molecule has 0 aromatic rings. The Hall–Kier alpha value is -0.200. The molecule has 0 aromatic heterocycles. The van der Waals surface area contributed by atoms with Crippen molar-refractivity contribution in [3.05, 3.63) is 0 Å². The number of ether oxygens (including phenoxy) is 3. The molecule has 2 fully saturated rings. The van der Waals surface area contributed by atoms with E-state index in [9.17, 15) is 0 Å². The zero-order valence-electron chi connectivity index (χ0n) is 13.5. The van der Waals surface area contributed by atoms with Gasteiger partial charge in [-0.25, -0.2) is 0 Å². The SMILES string of the molecule is COCCOCCOCCN1CCCC1C1CCCNC1. The minimum atomic E-state index is 0.655. The number of hydrogen-bond acceptors (Lipinski definition) is 5. The average molecular weight is 300 g/mol. The van der Waals surface area contributed by atoms with Gasteiger partial charge in [-0.05, 0) is 51.2 Å². The summed E-state index contributed by atoms with van der Waals surface area (Å²) in [5, 5.41) is 3.55. The molecular formula is C16H32N2O3. The van der Waals surface area contributed by atoms with Crippen molar-refractivity contribution in [1.82, 2.24) is 10.2 Å². The Bertz CT molecular complexity index is 260. The summed E-state index contributed by atoms with van der Waals surface area (Å²) in [6, 6.07) is 0.777. The summed E-state index contributed by atoms with van der Waals surface area (Å²) in [5.74, 6) is 0.846. The molecule has 2 aliphatic heterocycles. The predicted molar refractivity (Wildman–Crippen MR) is 83.7 cm³/mol. The number of hydrogen-bond donors (Lipinski definition) is 1. The van der Waals surface area contributed by atoms with Crippen molar-refractivity contribution in [3.63, 3.8) is 0 Å². The van der Waals surface area contributed by atoms with Crippen molar-refractivity contribution < 1.29 is 14.2 Å². The molecule has 0 spiro atoms. The van der Waals surface area contributed by atoms with Gasteiger partial charge in [0.05, 0.1) is 33.0 Å². The van der Waals surface area contributed by atoms with E-state index in [0.29, 0.717) is 26.4 Å². The van der Waals surface area contributed by atoms with E-state index in [4.69, 9.17) is 14.2 Å². The van der Waals surface area contributed by atoms with Crippen molar-refractivity contribution in [2.45, 2.75) is 31.7 Å². The van der Waals surface area contributed by atoms with E-state index in [0.717, 1.165) is 25.1 Å². The number of rotatable bonds is 10. The monoisotopic (exact) mass is 300 g/mol. The summed E-state index contributed by atoms with van der Waals surface area (Å²) in [6.07, 6.45) is 5.44. The molecule has 2 rings (SSSR count). The zero-order valence-corrected chi connectivity index (χ0v) is 13.5. The standard InChI is InChI=1S/C16H32N2O3/c1-19-10-11-21-13-12-20-9-8-18-7-3-5-16(18)15-4-2-6-17-14-15/h15-17H,2-14H2,1H3. The number of methoxy groups -OCH3 is 1. The Labute approximate surface area is 129 Å². The van der Waals surface area contributed by atoms with Gasteiger partial charge in [0.15, 0.2) is 0 Å². The van der Waals surface area contributed by atoms with Gasteiger partial charge in [0.1, 0.15) is 0 Å². The molecule has 5 nitrogen and oxygen atoms in total. The highest BCUT2D eigenvalue weighted by Gasteiger charge is 2.31. The Morgan fingerprint density at radius 3 is 2.57 bits per heavy atom. The maximum absolute atomic E-state index is 5.69. The van der Waals surface area contributed by atoms with Crippen LogP contribution in [0.15, 0.2) is 0 Å². The van der Waals surface area contributed by atoms with Crippen molar-refractivity contribution in [1.29, 1.82) is 0 Å². The normalized spacial score (nSPS) is 27.3.